The number of aromatic nitrogens is 1. The Morgan fingerprint density at radius 1 is 1.04 bits per heavy atom. The highest BCUT2D eigenvalue weighted by atomic mass is 16.5. The molecule has 0 aliphatic heterocycles. The van der Waals surface area contributed by atoms with Crippen molar-refractivity contribution >= 4 is 23.7 Å². The summed E-state index contributed by atoms with van der Waals surface area (Å²) in [6.07, 6.45) is 0.199. The van der Waals surface area contributed by atoms with Gasteiger partial charge in [0.1, 0.15) is 5.69 Å². The van der Waals surface area contributed by atoms with Gasteiger partial charge < -0.3 is 24.6 Å². The number of pyridine rings is 1. The third kappa shape index (κ3) is 4.22. The molecule has 0 aliphatic carbocycles. The largest absolute Gasteiger partial charge is 0.502 e. The standard InChI is InChI=1S/C17H19NO9/c1-4-8-11(9(19)7-10(20)15(22)23)14(21)18(5-2)13(12(8)16(24)25)17(26)27-6-3/h7,20H,4-6H2,1-3H3,(H,22,23)(H,24,25). The van der Waals surface area contributed by atoms with Crippen LogP contribution in [0.4, 0.5) is 0 Å². The zero-order valence-corrected chi connectivity index (χ0v) is 14.9. The molecule has 0 aliphatic rings. The number of ketones is 1. The van der Waals surface area contributed by atoms with Crippen molar-refractivity contribution in [2.45, 2.75) is 33.7 Å². The van der Waals surface area contributed by atoms with Crippen LogP contribution in [-0.2, 0) is 22.5 Å². The van der Waals surface area contributed by atoms with E-state index in [-0.39, 0.29) is 25.1 Å². The molecule has 1 aromatic rings. The van der Waals surface area contributed by atoms with Gasteiger partial charge in [-0.3, -0.25) is 9.59 Å². The van der Waals surface area contributed by atoms with Crippen LogP contribution in [0.15, 0.2) is 16.6 Å². The zero-order valence-electron chi connectivity index (χ0n) is 14.9. The molecule has 1 rings (SSSR count). The lowest BCUT2D eigenvalue weighted by atomic mass is 9.95. The number of esters is 1. The highest BCUT2D eigenvalue weighted by Crippen LogP contribution is 2.20. The van der Waals surface area contributed by atoms with Gasteiger partial charge in [-0.15, -0.1) is 0 Å². The molecule has 27 heavy (non-hydrogen) atoms. The summed E-state index contributed by atoms with van der Waals surface area (Å²) in [6.45, 7) is 4.22. The van der Waals surface area contributed by atoms with E-state index in [1.165, 1.54) is 20.8 Å². The van der Waals surface area contributed by atoms with Crippen LogP contribution in [-0.4, -0.2) is 50.2 Å². The molecular weight excluding hydrogens is 362 g/mol. The van der Waals surface area contributed by atoms with E-state index in [9.17, 15) is 34.2 Å². The summed E-state index contributed by atoms with van der Waals surface area (Å²) in [7, 11) is 0. The summed E-state index contributed by atoms with van der Waals surface area (Å²) < 4.78 is 5.61. The normalized spacial score (nSPS) is 11.1. The summed E-state index contributed by atoms with van der Waals surface area (Å²) in [5, 5.41) is 27.5. The molecule has 3 N–H and O–H groups in total. The van der Waals surface area contributed by atoms with Gasteiger partial charge in [0, 0.05) is 12.6 Å². The highest BCUT2D eigenvalue weighted by molar-refractivity contribution is 6.11. The van der Waals surface area contributed by atoms with Gasteiger partial charge in [-0.25, -0.2) is 14.4 Å². The van der Waals surface area contributed by atoms with E-state index >= 15 is 0 Å². The smallest absolute Gasteiger partial charge is 0.371 e. The Morgan fingerprint density at radius 3 is 2.04 bits per heavy atom. The van der Waals surface area contributed by atoms with E-state index in [2.05, 4.69) is 0 Å². The van der Waals surface area contributed by atoms with Crippen LogP contribution in [0.2, 0.25) is 0 Å². The number of aliphatic hydroxyl groups is 1. The number of carbonyl (C=O) groups excluding carboxylic acids is 2. The van der Waals surface area contributed by atoms with Crippen LogP contribution in [0.5, 0.6) is 0 Å². The molecule has 1 aromatic heterocycles. The van der Waals surface area contributed by atoms with Gasteiger partial charge >= 0.3 is 17.9 Å². The lowest BCUT2D eigenvalue weighted by Crippen LogP contribution is -2.35. The van der Waals surface area contributed by atoms with E-state index in [1.807, 2.05) is 0 Å². The van der Waals surface area contributed by atoms with Gasteiger partial charge in [-0.1, -0.05) is 6.92 Å². The average Bonchev–Trinajstić information content (AvgIpc) is 2.59. The van der Waals surface area contributed by atoms with Crippen LogP contribution in [0.3, 0.4) is 0 Å². The maximum atomic E-state index is 12.8. The van der Waals surface area contributed by atoms with Crippen molar-refractivity contribution in [2.75, 3.05) is 6.61 Å². The zero-order chi connectivity index (χ0) is 20.9. The van der Waals surface area contributed by atoms with Crippen molar-refractivity contribution in [3.05, 3.63) is 44.6 Å². The van der Waals surface area contributed by atoms with Gasteiger partial charge in [-0.2, -0.15) is 0 Å². The molecule has 0 aromatic carbocycles. The molecule has 10 heteroatoms. The average molecular weight is 381 g/mol. The predicted octanol–water partition coefficient (Wildman–Crippen LogP) is 1.01. The maximum absolute atomic E-state index is 12.8. The van der Waals surface area contributed by atoms with Gasteiger partial charge in [0.05, 0.1) is 17.7 Å². The van der Waals surface area contributed by atoms with Crippen LogP contribution in [0, 0.1) is 0 Å². The molecule has 0 fully saturated rings. The molecule has 0 atom stereocenters. The Balaban J connectivity index is 4.01. The number of nitrogens with zero attached hydrogens (tertiary/aromatic N) is 1. The predicted molar refractivity (Wildman–Crippen MR) is 91.3 cm³/mol. The number of aromatic carboxylic acids is 1. The maximum Gasteiger partial charge on any atom is 0.371 e. The molecule has 0 amide bonds. The van der Waals surface area contributed by atoms with Crippen molar-refractivity contribution in [2.24, 2.45) is 0 Å². The van der Waals surface area contributed by atoms with Crippen LogP contribution < -0.4 is 5.56 Å². The summed E-state index contributed by atoms with van der Waals surface area (Å²) in [5.74, 6) is -6.88. The molecule has 0 spiro atoms. The lowest BCUT2D eigenvalue weighted by molar-refractivity contribution is -0.135. The minimum atomic E-state index is -1.79. The molecule has 0 bridgehead atoms. The second-order valence-corrected chi connectivity index (χ2v) is 5.20. The highest BCUT2D eigenvalue weighted by Gasteiger charge is 2.31. The number of carbonyl (C=O) groups is 4. The molecule has 10 nitrogen and oxygen atoms in total. The van der Waals surface area contributed by atoms with Crippen molar-refractivity contribution in [3.8, 4) is 0 Å². The van der Waals surface area contributed by atoms with Gasteiger partial charge in [0.15, 0.2) is 5.78 Å². The van der Waals surface area contributed by atoms with E-state index < -0.39 is 51.8 Å². The topological polar surface area (TPSA) is 160 Å². The number of carboxylic acids is 2. The number of allylic oxidation sites excluding steroid dienone is 1. The van der Waals surface area contributed by atoms with E-state index in [0.29, 0.717) is 6.08 Å². The SMILES string of the molecule is CCOC(=O)c1c(C(=O)O)c(CC)c(C(=O)C=C(O)C(=O)O)c(=O)n1CC. The second kappa shape index (κ2) is 8.79. The quantitative estimate of drug-likeness (QED) is 0.258. The Morgan fingerprint density at radius 2 is 1.63 bits per heavy atom. The van der Waals surface area contributed by atoms with Gasteiger partial charge in [0.2, 0.25) is 5.76 Å². The second-order valence-electron chi connectivity index (χ2n) is 5.20. The van der Waals surface area contributed by atoms with Gasteiger partial charge in [0.25, 0.3) is 5.56 Å². The molecule has 0 radical (unpaired) electrons. The summed E-state index contributed by atoms with van der Waals surface area (Å²) in [5.41, 5.74) is -2.94. The third-order valence-electron chi connectivity index (χ3n) is 3.66. The Hall–Kier alpha value is -3.43. The fourth-order valence-electron chi connectivity index (χ4n) is 2.58. The summed E-state index contributed by atoms with van der Waals surface area (Å²) in [6, 6.07) is 0. The van der Waals surface area contributed by atoms with E-state index in [4.69, 9.17) is 9.84 Å². The number of hydrogen-bond donors (Lipinski definition) is 3. The lowest BCUT2D eigenvalue weighted by Gasteiger charge is -2.18. The van der Waals surface area contributed by atoms with E-state index in [1.54, 1.807) is 0 Å². The molecule has 146 valence electrons. The Labute approximate surface area is 153 Å². The summed E-state index contributed by atoms with van der Waals surface area (Å²) in [4.78, 5) is 59.9. The fraction of sp³-hybridized carbons (Fsp3) is 0.353. The fourth-order valence-corrected chi connectivity index (χ4v) is 2.58. The molecule has 0 saturated heterocycles. The number of carboxylic acid groups (broad SMARTS) is 2. The van der Waals surface area contributed by atoms with Crippen molar-refractivity contribution in [1.29, 1.82) is 0 Å². The number of aliphatic carboxylic acids is 1. The van der Waals surface area contributed by atoms with Crippen molar-refractivity contribution < 1.29 is 39.2 Å². The molecular formula is C17H19NO9. The van der Waals surface area contributed by atoms with E-state index in [0.717, 1.165) is 4.57 Å². The molecule has 1 heterocycles. The number of rotatable bonds is 8. The summed E-state index contributed by atoms with van der Waals surface area (Å²) >= 11 is 0. The molecule has 0 saturated carbocycles. The van der Waals surface area contributed by atoms with Crippen molar-refractivity contribution in [3.63, 3.8) is 0 Å². The number of hydrogen-bond acceptors (Lipinski definition) is 7. The first kappa shape index (κ1) is 21.6. The minimum absolute atomic E-state index is 0.0623. The van der Waals surface area contributed by atoms with Gasteiger partial charge in [-0.05, 0) is 25.8 Å². The monoisotopic (exact) mass is 381 g/mol. The third-order valence-corrected chi connectivity index (χ3v) is 3.66. The van der Waals surface area contributed by atoms with Crippen molar-refractivity contribution in [1.82, 2.24) is 4.57 Å². The Bertz CT molecular complexity index is 893. The first-order chi connectivity index (χ1) is 12.6. The number of aliphatic hydroxyl groups excluding tert-OH is 1. The Kier molecular flexibility index (Phi) is 7.03. The van der Waals surface area contributed by atoms with Crippen LogP contribution >= 0.6 is 0 Å². The number of ether oxygens (including phenoxy) is 1. The van der Waals surface area contributed by atoms with Crippen LogP contribution in [0.1, 0.15) is 57.5 Å². The first-order valence-electron chi connectivity index (χ1n) is 8.00. The first-order valence-corrected chi connectivity index (χ1v) is 8.00. The van der Waals surface area contributed by atoms with Crippen LogP contribution in [0.25, 0.3) is 0 Å². The molecule has 0 unspecified atom stereocenters. The minimum Gasteiger partial charge on any atom is -0.502 e.